The lowest BCUT2D eigenvalue weighted by Gasteiger charge is -2.11. The van der Waals surface area contributed by atoms with Gasteiger partial charge in [0.15, 0.2) is 4.34 Å². The normalized spacial score (nSPS) is 10.7. The summed E-state index contributed by atoms with van der Waals surface area (Å²) in [4.78, 5) is 16.1. The second-order valence-corrected chi connectivity index (χ2v) is 6.05. The Balaban J connectivity index is 1.93. The predicted octanol–water partition coefficient (Wildman–Crippen LogP) is 3.78. The zero-order valence-corrected chi connectivity index (χ0v) is 12.6. The molecule has 1 amide bonds. The fourth-order valence-corrected chi connectivity index (χ4v) is 3.13. The number of rotatable bonds is 6. The van der Waals surface area contributed by atoms with Gasteiger partial charge in [0.05, 0.1) is 11.4 Å². The second kappa shape index (κ2) is 7.37. The molecule has 112 valence electrons. The molecular formula is C13H12F2N2O2S2. The molecule has 4 nitrogen and oxygen atoms in total. The third kappa shape index (κ3) is 4.98. The van der Waals surface area contributed by atoms with Gasteiger partial charge >= 0.3 is 6.61 Å². The minimum absolute atomic E-state index is 0.0593. The van der Waals surface area contributed by atoms with Crippen molar-refractivity contribution in [3.63, 3.8) is 0 Å². The summed E-state index contributed by atoms with van der Waals surface area (Å²) in [7, 11) is 0. The van der Waals surface area contributed by atoms with Crippen LogP contribution in [-0.4, -0.2) is 23.3 Å². The van der Waals surface area contributed by atoms with E-state index in [1.54, 1.807) is 12.1 Å². The number of aromatic nitrogens is 1. The van der Waals surface area contributed by atoms with E-state index < -0.39 is 6.61 Å². The Morgan fingerprint density at radius 1 is 1.48 bits per heavy atom. The zero-order chi connectivity index (χ0) is 15.2. The molecular weight excluding hydrogens is 318 g/mol. The number of thiazole rings is 1. The monoisotopic (exact) mass is 330 g/mol. The van der Waals surface area contributed by atoms with Gasteiger partial charge < -0.3 is 10.1 Å². The van der Waals surface area contributed by atoms with Gasteiger partial charge in [0.1, 0.15) is 5.75 Å². The van der Waals surface area contributed by atoms with Crippen molar-refractivity contribution in [2.75, 3.05) is 11.1 Å². The van der Waals surface area contributed by atoms with Crippen molar-refractivity contribution < 1.29 is 18.3 Å². The predicted molar refractivity (Wildman–Crippen MR) is 79.3 cm³/mol. The summed E-state index contributed by atoms with van der Waals surface area (Å²) < 4.78 is 29.7. The molecule has 0 aliphatic heterocycles. The molecule has 1 aromatic heterocycles. The molecule has 0 unspecified atom stereocenters. The summed E-state index contributed by atoms with van der Waals surface area (Å²) in [6, 6.07) is 6.07. The highest BCUT2D eigenvalue weighted by atomic mass is 32.2. The highest BCUT2D eigenvalue weighted by Crippen LogP contribution is 2.26. The Morgan fingerprint density at radius 3 is 2.90 bits per heavy atom. The average molecular weight is 330 g/mol. The molecule has 1 aromatic carbocycles. The summed E-state index contributed by atoms with van der Waals surface area (Å²) in [6.07, 6.45) is 0. The van der Waals surface area contributed by atoms with Crippen LogP contribution in [0.4, 0.5) is 14.5 Å². The maximum atomic E-state index is 12.3. The number of anilines is 1. The molecule has 0 aliphatic carbocycles. The number of thioether (sulfide) groups is 1. The van der Waals surface area contributed by atoms with E-state index in [4.69, 9.17) is 0 Å². The van der Waals surface area contributed by atoms with Gasteiger partial charge in [-0.25, -0.2) is 4.98 Å². The lowest BCUT2D eigenvalue weighted by Crippen LogP contribution is -2.15. The second-order valence-electron chi connectivity index (χ2n) is 3.97. The lowest BCUT2D eigenvalue weighted by molar-refractivity contribution is -0.113. The van der Waals surface area contributed by atoms with E-state index in [-0.39, 0.29) is 23.1 Å². The summed E-state index contributed by atoms with van der Waals surface area (Å²) >= 11 is 2.75. The number of hydrogen-bond donors (Lipinski definition) is 1. The first-order valence-electron chi connectivity index (χ1n) is 5.93. The van der Waals surface area contributed by atoms with Crippen molar-refractivity contribution in [1.82, 2.24) is 4.98 Å². The number of nitrogens with one attached hydrogen (secondary N) is 1. The van der Waals surface area contributed by atoms with Gasteiger partial charge in [-0.3, -0.25) is 4.79 Å². The van der Waals surface area contributed by atoms with Crippen LogP contribution in [0.2, 0.25) is 0 Å². The molecule has 0 aliphatic rings. The van der Waals surface area contributed by atoms with E-state index >= 15 is 0 Å². The number of ether oxygens (including phenoxy) is 1. The fraction of sp³-hybridized carbons (Fsp3) is 0.231. The molecule has 21 heavy (non-hydrogen) atoms. The number of nitrogens with zero attached hydrogens (tertiary/aromatic N) is 1. The molecule has 0 atom stereocenters. The summed E-state index contributed by atoms with van der Waals surface area (Å²) in [5.74, 6) is -0.218. The third-order valence-corrected chi connectivity index (χ3v) is 4.44. The minimum atomic E-state index is -2.93. The number of carbonyl (C=O) groups excluding carboxylic acids is 1. The Kier molecular flexibility index (Phi) is 5.51. The first kappa shape index (κ1) is 15.7. The smallest absolute Gasteiger partial charge is 0.387 e. The number of hydrogen-bond acceptors (Lipinski definition) is 5. The molecule has 1 heterocycles. The van der Waals surface area contributed by atoms with Gasteiger partial charge in [0.2, 0.25) is 5.91 Å². The van der Waals surface area contributed by atoms with Gasteiger partial charge in [-0.05, 0) is 19.1 Å². The van der Waals surface area contributed by atoms with Crippen LogP contribution >= 0.6 is 23.1 Å². The molecule has 0 saturated carbocycles. The quantitative estimate of drug-likeness (QED) is 0.819. The van der Waals surface area contributed by atoms with Crippen LogP contribution in [0.5, 0.6) is 5.75 Å². The van der Waals surface area contributed by atoms with E-state index in [0.29, 0.717) is 0 Å². The summed E-state index contributed by atoms with van der Waals surface area (Å²) in [5.41, 5.74) is 1.12. The van der Waals surface area contributed by atoms with Crippen LogP contribution in [0, 0.1) is 6.92 Å². The van der Waals surface area contributed by atoms with E-state index in [0.717, 1.165) is 10.0 Å². The molecule has 2 rings (SSSR count). The number of benzene rings is 1. The minimum Gasteiger partial charge on any atom is -0.433 e. The Labute approximate surface area is 128 Å². The standard InChI is InChI=1S/C13H12F2N2O2S2/c1-8-6-20-13(16-8)21-7-11(18)17-9-4-2-3-5-10(9)19-12(14)15/h2-6,12H,7H2,1H3,(H,17,18). The number of halogens is 2. The van der Waals surface area contributed by atoms with Gasteiger partial charge in [-0.1, -0.05) is 23.9 Å². The van der Waals surface area contributed by atoms with Crippen molar-refractivity contribution in [1.29, 1.82) is 0 Å². The van der Waals surface area contributed by atoms with E-state index in [2.05, 4.69) is 15.0 Å². The number of alkyl halides is 2. The van der Waals surface area contributed by atoms with Crippen LogP contribution in [0.15, 0.2) is 34.0 Å². The Bertz CT molecular complexity index is 620. The van der Waals surface area contributed by atoms with Crippen LogP contribution in [0.3, 0.4) is 0 Å². The topological polar surface area (TPSA) is 51.2 Å². The van der Waals surface area contributed by atoms with E-state index in [9.17, 15) is 13.6 Å². The van der Waals surface area contributed by atoms with Gasteiger partial charge in [-0.15, -0.1) is 11.3 Å². The van der Waals surface area contributed by atoms with Crippen molar-refractivity contribution in [3.05, 3.63) is 35.3 Å². The fourth-order valence-electron chi connectivity index (χ4n) is 1.48. The lowest BCUT2D eigenvalue weighted by atomic mass is 10.3. The van der Waals surface area contributed by atoms with E-state index in [1.807, 2.05) is 12.3 Å². The largest absolute Gasteiger partial charge is 0.433 e. The van der Waals surface area contributed by atoms with Crippen LogP contribution in [-0.2, 0) is 4.79 Å². The SMILES string of the molecule is Cc1csc(SCC(=O)Nc2ccccc2OC(F)F)n1. The Hall–Kier alpha value is -1.67. The molecule has 8 heteroatoms. The third-order valence-electron chi connectivity index (χ3n) is 2.30. The molecule has 1 N–H and O–H groups in total. The van der Waals surface area contributed by atoms with Crippen molar-refractivity contribution in [3.8, 4) is 5.75 Å². The highest BCUT2D eigenvalue weighted by molar-refractivity contribution is 8.01. The molecule has 0 saturated heterocycles. The first-order valence-corrected chi connectivity index (χ1v) is 7.80. The number of aryl methyl sites for hydroxylation is 1. The van der Waals surface area contributed by atoms with Crippen molar-refractivity contribution in [2.24, 2.45) is 0 Å². The van der Waals surface area contributed by atoms with Gasteiger partial charge in [-0.2, -0.15) is 8.78 Å². The van der Waals surface area contributed by atoms with Crippen LogP contribution in [0.25, 0.3) is 0 Å². The summed E-state index contributed by atoms with van der Waals surface area (Å²) in [6.45, 7) is -1.06. The molecule has 0 bridgehead atoms. The van der Waals surface area contributed by atoms with E-state index in [1.165, 1.54) is 35.2 Å². The number of para-hydroxylation sites is 2. The zero-order valence-electron chi connectivity index (χ0n) is 11.0. The Morgan fingerprint density at radius 2 is 2.24 bits per heavy atom. The molecule has 0 fully saturated rings. The maximum absolute atomic E-state index is 12.3. The first-order chi connectivity index (χ1) is 10.0. The molecule has 0 radical (unpaired) electrons. The summed E-state index contributed by atoms with van der Waals surface area (Å²) in [5, 5.41) is 4.45. The maximum Gasteiger partial charge on any atom is 0.387 e. The molecule has 2 aromatic rings. The van der Waals surface area contributed by atoms with Crippen LogP contribution in [0.1, 0.15) is 5.69 Å². The highest BCUT2D eigenvalue weighted by Gasteiger charge is 2.12. The number of amides is 1. The van der Waals surface area contributed by atoms with Gasteiger partial charge in [0.25, 0.3) is 0 Å². The van der Waals surface area contributed by atoms with Gasteiger partial charge in [0, 0.05) is 11.1 Å². The van der Waals surface area contributed by atoms with Crippen molar-refractivity contribution >= 4 is 34.7 Å². The number of carbonyl (C=O) groups is 1. The average Bonchev–Trinajstić information content (AvgIpc) is 2.84. The van der Waals surface area contributed by atoms with Crippen molar-refractivity contribution in [2.45, 2.75) is 17.9 Å². The van der Waals surface area contributed by atoms with Crippen LogP contribution < -0.4 is 10.1 Å². The molecule has 0 spiro atoms.